The molecule has 9 nitrogen and oxygen atoms in total. The maximum Gasteiger partial charge on any atom is 0.472 e. The van der Waals surface area contributed by atoms with E-state index in [9.17, 15) is 19.4 Å². The fourth-order valence-corrected chi connectivity index (χ4v) is 7.40. The third-order valence-corrected chi connectivity index (χ3v) is 11.4. The van der Waals surface area contributed by atoms with Crippen molar-refractivity contribution in [3.8, 4) is 0 Å². The molecule has 10 heteroatoms. The van der Waals surface area contributed by atoms with Crippen LogP contribution in [0.1, 0.15) is 194 Å². The number of hydrogen-bond donors (Lipinski definition) is 3. The predicted octanol–water partition coefficient (Wildman–Crippen LogP) is 15.4. The van der Waals surface area contributed by atoms with Gasteiger partial charge in [0.25, 0.3) is 0 Å². The number of aliphatic hydroxyl groups is 2. The lowest BCUT2D eigenvalue weighted by Crippen LogP contribution is -2.29. The number of aliphatic hydroxyl groups excluding tert-OH is 2. The Labute approximate surface area is 403 Å². The second-order valence-corrected chi connectivity index (χ2v) is 18.2. The van der Waals surface area contributed by atoms with Gasteiger partial charge in [-0.3, -0.25) is 13.8 Å². The van der Waals surface area contributed by atoms with Crippen LogP contribution in [0, 0.1) is 0 Å². The molecule has 0 aromatic rings. The SMILES string of the molecule is CC/C=C\C/C=C\C/C=C\C/C=C\C/C=C\CCCCCCCCOCC(COP(=O)(O)OCC(O)CO)OC(=O)CCCCCCCCCCCC/C=C\C/C=C\C/C=C\C/C=C\CC. The lowest BCUT2D eigenvalue weighted by atomic mass is 10.0. The Morgan fingerprint density at radius 3 is 1.23 bits per heavy atom. The van der Waals surface area contributed by atoms with Crippen molar-refractivity contribution < 1.29 is 43.0 Å². The largest absolute Gasteiger partial charge is 0.472 e. The zero-order valence-corrected chi connectivity index (χ0v) is 42.5. The maximum atomic E-state index is 12.7. The second-order valence-electron chi connectivity index (χ2n) is 16.8. The number of unbranched alkanes of at least 4 members (excludes halogenated alkanes) is 16. The molecule has 378 valence electrons. The maximum absolute atomic E-state index is 12.7. The standard InChI is InChI=1S/C56H95O9P/c1-3-5-7-9-11-13-15-17-19-21-23-25-27-28-30-32-34-36-38-40-42-44-46-48-56(59)65-55(53-64-66(60,61)63-51-54(58)50-57)52-62-49-47-45-43-41-39-37-35-33-31-29-26-24-22-20-18-16-14-12-10-8-6-4-2/h5-8,11-14,17-20,23-26,31,33,54-55,57-58H,3-4,9-10,15-16,21-22,27-30,32,34-53H2,1-2H3,(H,60,61)/b7-5-,8-6-,13-11-,14-12-,19-17-,20-18-,25-23-,26-24-,33-31-. The average molecular weight is 943 g/mol. The van der Waals surface area contributed by atoms with Crippen molar-refractivity contribution in [3.05, 3.63) is 109 Å². The van der Waals surface area contributed by atoms with Crippen LogP contribution < -0.4 is 0 Å². The molecular weight excluding hydrogens is 848 g/mol. The van der Waals surface area contributed by atoms with Gasteiger partial charge in [-0.15, -0.1) is 0 Å². The molecule has 66 heavy (non-hydrogen) atoms. The van der Waals surface area contributed by atoms with E-state index in [1.165, 1.54) is 57.8 Å². The molecule has 0 aromatic carbocycles. The Hall–Kier alpha value is -2.88. The van der Waals surface area contributed by atoms with Crippen molar-refractivity contribution in [1.82, 2.24) is 0 Å². The lowest BCUT2D eigenvalue weighted by molar-refractivity contribution is -0.154. The van der Waals surface area contributed by atoms with Gasteiger partial charge >= 0.3 is 13.8 Å². The summed E-state index contributed by atoms with van der Waals surface area (Å²) in [7, 11) is -4.54. The summed E-state index contributed by atoms with van der Waals surface area (Å²) < 4.78 is 33.5. The van der Waals surface area contributed by atoms with Crippen LogP contribution in [0.3, 0.4) is 0 Å². The summed E-state index contributed by atoms with van der Waals surface area (Å²) in [5.74, 6) is -0.397. The van der Waals surface area contributed by atoms with Gasteiger partial charge in [-0.1, -0.05) is 200 Å². The number of phosphoric ester groups is 1. The number of carbonyl (C=O) groups excluding carboxylic acids is 1. The normalized spacial score (nSPS) is 14.7. The van der Waals surface area contributed by atoms with Gasteiger partial charge in [-0.05, 0) is 96.3 Å². The minimum atomic E-state index is -4.54. The highest BCUT2D eigenvalue weighted by molar-refractivity contribution is 7.47. The Bertz CT molecular complexity index is 1390. The highest BCUT2D eigenvalue weighted by Gasteiger charge is 2.26. The summed E-state index contributed by atoms with van der Waals surface area (Å²) >= 11 is 0. The van der Waals surface area contributed by atoms with Crippen molar-refractivity contribution in [2.75, 3.05) is 33.0 Å². The number of esters is 1. The first-order valence-corrected chi connectivity index (χ1v) is 27.4. The highest BCUT2D eigenvalue weighted by Crippen LogP contribution is 2.43. The molecule has 0 bridgehead atoms. The molecule has 3 N–H and O–H groups in total. The van der Waals surface area contributed by atoms with Crippen molar-refractivity contribution in [1.29, 1.82) is 0 Å². The van der Waals surface area contributed by atoms with Gasteiger partial charge in [0.2, 0.25) is 0 Å². The van der Waals surface area contributed by atoms with E-state index < -0.39 is 45.8 Å². The molecule has 0 aliphatic heterocycles. The van der Waals surface area contributed by atoms with Crippen LogP contribution in [0.15, 0.2) is 109 Å². The molecule has 0 saturated heterocycles. The number of allylic oxidation sites excluding steroid dienone is 18. The van der Waals surface area contributed by atoms with E-state index in [1.54, 1.807) is 0 Å². The summed E-state index contributed by atoms with van der Waals surface area (Å²) in [6, 6.07) is 0. The predicted molar refractivity (Wildman–Crippen MR) is 278 cm³/mol. The fraction of sp³-hybridized carbons (Fsp3) is 0.661. The molecule has 0 aromatic heterocycles. The number of rotatable bonds is 48. The van der Waals surface area contributed by atoms with E-state index in [-0.39, 0.29) is 13.0 Å². The van der Waals surface area contributed by atoms with Crippen molar-refractivity contribution in [2.45, 2.75) is 206 Å². The Kier molecular flexibility index (Phi) is 49.3. The van der Waals surface area contributed by atoms with Crippen LogP contribution in [-0.2, 0) is 27.9 Å². The zero-order chi connectivity index (χ0) is 48.1. The van der Waals surface area contributed by atoms with Gasteiger partial charge in [0.1, 0.15) is 12.2 Å². The Morgan fingerprint density at radius 1 is 0.470 bits per heavy atom. The third-order valence-electron chi connectivity index (χ3n) is 10.5. The number of ether oxygens (including phenoxy) is 2. The van der Waals surface area contributed by atoms with Crippen LogP contribution in [0.2, 0.25) is 0 Å². The molecule has 0 aliphatic rings. The van der Waals surface area contributed by atoms with Crippen molar-refractivity contribution >= 4 is 13.8 Å². The number of hydrogen-bond acceptors (Lipinski definition) is 8. The van der Waals surface area contributed by atoms with Crippen LogP contribution in [-0.4, -0.2) is 66.3 Å². The molecular formula is C56H95O9P. The van der Waals surface area contributed by atoms with E-state index in [0.29, 0.717) is 13.0 Å². The molecule has 0 fully saturated rings. The highest BCUT2D eigenvalue weighted by atomic mass is 31.2. The zero-order valence-electron chi connectivity index (χ0n) is 41.6. The van der Waals surface area contributed by atoms with Gasteiger partial charge in [0.05, 0.1) is 26.4 Å². The molecule has 0 heterocycles. The van der Waals surface area contributed by atoms with Gasteiger partial charge < -0.3 is 24.6 Å². The second kappa shape index (κ2) is 51.5. The van der Waals surface area contributed by atoms with E-state index in [2.05, 4.69) is 123 Å². The van der Waals surface area contributed by atoms with Crippen LogP contribution in [0.25, 0.3) is 0 Å². The van der Waals surface area contributed by atoms with Crippen LogP contribution >= 0.6 is 7.82 Å². The third kappa shape index (κ3) is 50.5. The topological polar surface area (TPSA) is 132 Å². The summed E-state index contributed by atoms with van der Waals surface area (Å²) in [5.41, 5.74) is 0. The van der Waals surface area contributed by atoms with E-state index in [0.717, 1.165) is 109 Å². The van der Waals surface area contributed by atoms with Crippen LogP contribution in [0.4, 0.5) is 0 Å². The molecule has 0 amide bonds. The first kappa shape index (κ1) is 63.1. The van der Waals surface area contributed by atoms with Gasteiger partial charge in [0, 0.05) is 13.0 Å². The molecule has 0 radical (unpaired) electrons. The average Bonchev–Trinajstić information content (AvgIpc) is 3.31. The lowest BCUT2D eigenvalue weighted by Gasteiger charge is -2.20. The summed E-state index contributed by atoms with van der Waals surface area (Å²) in [5, 5.41) is 18.4. The minimum Gasteiger partial charge on any atom is -0.457 e. The van der Waals surface area contributed by atoms with Crippen molar-refractivity contribution in [2.24, 2.45) is 0 Å². The quantitative estimate of drug-likeness (QED) is 0.0236. The molecule has 3 unspecified atom stereocenters. The van der Waals surface area contributed by atoms with E-state index in [1.807, 2.05) is 0 Å². The minimum absolute atomic E-state index is 0.0304. The number of phosphoric acid groups is 1. The smallest absolute Gasteiger partial charge is 0.457 e. The van der Waals surface area contributed by atoms with Gasteiger partial charge in [0.15, 0.2) is 0 Å². The van der Waals surface area contributed by atoms with Crippen LogP contribution in [0.5, 0.6) is 0 Å². The van der Waals surface area contributed by atoms with E-state index >= 15 is 0 Å². The summed E-state index contributed by atoms with van der Waals surface area (Å²) in [6.07, 6.45) is 67.6. The van der Waals surface area contributed by atoms with E-state index in [4.69, 9.17) is 23.6 Å². The molecule has 0 aliphatic carbocycles. The molecule has 3 atom stereocenters. The first-order valence-electron chi connectivity index (χ1n) is 25.9. The molecule has 0 rings (SSSR count). The van der Waals surface area contributed by atoms with Gasteiger partial charge in [-0.25, -0.2) is 4.57 Å². The van der Waals surface area contributed by atoms with Crippen molar-refractivity contribution in [3.63, 3.8) is 0 Å². The summed E-state index contributed by atoms with van der Waals surface area (Å²) in [4.78, 5) is 22.7. The summed E-state index contributed by atoms with van der Waals surface area (Å²) in [6.45, 7) is 3.24. The number of carbonyl (C=O) groups is 1. The van der Waals surface area contributed by atoms with Gasteiger partial charge in [-0.2, -0.15) is 0 Å². The molecule has 0 saturated carbocycles. The first-order chi connectivity index (χ1) is 32.3. The molecule has 0 spiro atoms. The monoisotopic (exact) mass is 943 g/mol. The fourth-order valence-electron chi connectivity index (χ4n) is 6.61. The Morgan fingerprint density at radius 2 is 0.818 bits per heavy atom. The Balaban J connectivity index is 4.14.